The number of ether oxygens (including phenoxy) is 5. The van der Waals surface area contributed by atoms with E-state index in [1.807, 2.05) is 0 Å². The number of Topliss-reactive ketones (excluding diaryl/α,β-unsaturated/α-hetero) is 1. The molecule has 3 aliphatic heterocycles. The zero-order valence-corrected chi connectivity index (χ0v) is 19.0. The van der Waals surface area contributed by atoms with Crippen LogP contribution >= 0.6 is 11.3 Å². The lowest BCUT2D eigenvalue weighted by molar-refractivity contribution is -0.132. The third kappa shape index (κ3) is 3.33. The number of anilines is 1. The minimum absolute atomic E-state index is 0.00291. The van der Waals surface area contributed by atoms with Crippen LogP contribution in [0.2, 0.25) is 0 Å². The molecule has 11 nitrogen and oxygen atoms in total. The Labute approximate surface area is 202 Å². The molecule has 35 heavy (non-hydrogen) atoms. The molecule has 2 aromatic carbocycles. The van der Waals surface area contributed by atoms with E-state index in [4.69, 9.17) is 23.7 Å². The Morgan fingerprint density at radius 1 is 1.09 bits per heavy atom. The summed E-state index contributed by atoms with van der Waals surface area (Å²) >= 11 is 1.09. The first-order chi connectivity index (χ1) is 17.1. The second kappa shape index (κ2) is 8.17. The maximum absolute atomic E-state index is 13.3. The molecule has 0 spiro atoms. The summed E-state index contributed by atoms with van der Waals surface area (Å²) in [5.74, 6) is 0.0412. The van der Waals surface area contributed by atoms with Gasteiger partial charge in [0.1, 0.15) is 24.5 Å². The number of amides is 1. The Hall–Kier alpha value is -4.32. The fourth-order valence-corrected chi connectivity index (χ4v) is 4.86. The van der Waals surface area contributed by atoms with Crippen molar-refractivity contribution in [3.05, 3.63) is 52.5 Å². The molecule has 178 valence electrons. The van der Waals surface area contributed by atoms with Gasteiger partial charge in [0, 0.05) is 5.56 Å². The normalized spacial score (nSPS) is 19.8. The smallest absolute Gasteiger partial charge is 0.301 e. The maximum atomic E-state index is 13.3. The number of aromatic nitrogens is 2. The van der Waals surface area contributed by atoms with Crippen molar-refractivity contribution in [3.63, 3.8) is 0 Å². The van der Waals surface area contributed by atoms with E-state index in [-0.39, 0.29) is 23.3 Å². The molecule has 0 bridgehead atoms. The molecule has 1 amide bonds. The Bertz CT molecular complexity index is 1390. The van der Waals surface area contributed by atoms with E-state index in [9.17, 15) is 14.7 Å². The monoisotopic (exact) mass is 495 g/mol. The highest BCUT2D eigenvalue weighted by Crippen LogP contribution is 2.49. The van der Waals surface area contributed by atoms with E-state index < -0.39 is 17.7 Å². The van der Waals surface area contributed by atoms with Crippen LogP contribution < -0.4 is 28.6 Å². The molecule has 1 fully saturated rings. The average molecular weight is 495 g/mol. The van der Waals surface area contributed by atoms with Gasteiger partial charge in [0.05, 0.1) is 18.7 Å². The third-order valence-corrected chi connectivity index (χ3v) is 6.50. The van der Waals surface area contributed by atoms with E-state index in [0.29, 0.717) is 53.1 Å². The van der Waals surface area contributed by atoms with Crippen LogP contribution in [-0.2, 0) is 9.59 Å². The number of ketones is 1. The van der Waals surface area contributed by atoms with E-state index in [1.54, 1.807) is 30.3 Å². The van der Waals surface area contributed by atoms with Crippen molar-refractivity contribution in [2.45, 2.75) is 6.04 Å². The van der Waals surface area contributed by atoms with Crippen molar-refractivity contribution < 1.29 is 38.4 Å². The van der Waals surface area contributed by atoms with E-state index >= 15 is 0 Å². The number of aliphatic hydroxyl groups is 1. The zero-order valence-electron chi connectivity index (χ0n) is 18.2. The van der Waals surface area contributed by atoms with Gasteiger partial charge in [-0.3, -0.25) is 14.5 Å². The standard InChI is InChI=1S/C23H17N3O8S/c1-30-15-7-12(8-16-21(15)34-10-33-16)18-17(20(28)22(29)26(18)23-25-24-9-35-23)19(27)11-2-3-13-14(6-11)32-5-4-31-13/h2-3,6-9,18,27H,4-5,10H2,1H3/b19-17+. The highest BCUT2D eigenvalue weighted by atomic mass is 32.1. The molecule has 1 saturated heterocycles. The average Bonchev–Trinajstić information content (AvgIpc) is 3.63. The summed E-state index contributed by atoms with van der Waals surface area (Å²) in [7, 11) is 1.47. The van der Waals surface area contributed by atoms with Crippen molar-refractivity contribution in [3.8, 4) is 28.7 Å². The van der Waals surface area contributed by atoms with Gasteiger partial charge in [-0.15, -0.1) is 10.2 Å². The van der Waals surface area contributed by atoms with Crippen LogP contribution in [0.25, 0.3) is 5.76 Å². The SMILES string of the molecule is COc1cc(C2/C(=C(\O)c3ccc4c(c3)OCCO4)C(=O)C(=O)N2c2nncs2)cc2c1OCO2. The van der Waals surface area contributed by atoms with Gasteiger partial charge in [-0.1, -0.05) is 11.3 Å². The molecule has 0 radical (unpaired) electrons. The molecule has 1 atom stereocenters. The molecule has 3 aromatic rings. The molecule has 1 aromatic heterocycles. The van der Waals surface area contributed by atoms with Crippen LogP contribution in [0, 0.1) is 0 Å². The van der Waals surface area contributed by atoms with Gasteiger partial charge in [0.2, 0.25) is 17.7 Å². The number of nitrogens with zero attached hydrogens (tertiary/aromatic N) is 3. The molecule has 1 N–H and O–H groups in total. The predicted molar refractivity (Wildman–Crippen MR) is 121 cm³/mol. The summed E-state index contributed by atoms with van der Waals surface area (Å²) in [5, 5.41) is 19.3. The minimum atomic E-state index is -1.03. The first-order valence-electron chi connectivity index (χ1n) is 10.5. The minimum Gasteiger partial charge on any atom is -0.507 e. The first-order valence-corrected chi connectivity index (χ1v) is 11.4. The highest BCUT2D eigenvalue weighted by Gasteiger charge is 2.49. The second-order valence-corrected chi connectivity index (χ2v) is 8.52. The number of fused-ring (bicyclic) bond motifs is 2. The first kappa shape index (κ1) is 21.2. The van der Waals surface area contributed by atoms with E-state index in [1.165, 1.54) is 17.5 Å². The largest absolute Gasteiger partial charge is 0.507 e. The second-order valence-electron chi connectivity index (χ2n) is 7.71. The van der Waals surface area contributed by atoms with Crippen LogP contribution in [0.3, 0.4) is 0 Å². The van der Waals surface area contributed by atoms with Crippen molar-refractivity contribution in [1.29, 1.82) is 0 Å². The van der Waals surface area contributed by atoms with Gasteiger partial charge in [0.25, 0.3) is 5.78 Å². The predicted octanol–water partition coefficient (Wildman–Crippen LogP) is 2.67. The number of carbonyl (C=O) groups is 2. The molecule has 6 rings (SSSR count). The summed E-state index contributed by atoms with van der Waals surface area (Å²) < 4.78 is 27.6. The number of rotatable bonds is 4. The number of benzene rings is 2. The van der Waals surface area contributed by atoms with Crippen LogP contribution in [0.15, 0.2) is 41.4 Å². The van der Waals surface area contributed by atoms with Gasteiger partial charge in [-0.25, -0.2) is 0 Å². The van der Waals surface area contributed by atoms with Crippen molar-refractivity contribution in [2.75, 3.05) is 32.0 Å². The van der Waals surface area contributed by atoms with E-state index in [2.05, 4.69) is 10.2 Å². The number of hydrogen-bond donors (Lipinski definition) is 1. The molecule has 0 saturated carbocycles. The van der Waals surface area contributed by atoms with Gasteiger partial charge >= 0.3 is 5.91 Å². The number of aliphatic hydroxyl groups excluding tert-OH is 1. The number of carbonyl (C=O) groups excluding carboxylic acids is 2. The summed E-state index contributed by atoms with van der Waals surface area (Å²) in [4.78, 5) is 27.7. The molecular formula is C23H17N3O8S. The Morgan fingerprint density at radius 2 is 1.91 bits per heavy atom. The van der Waals surface area contributed by atoms with Gasteiger partial charge < -0.3 is 28.8 Å². The molecule has 0 aliphatic carbocycles. The lowest BCUT2D eigenvalue weighted by atomic mass is 9.94. The van der Waals surface area contributed by atoms with Crippen LogP contribution in [0.5, 0.6) is 28.7 Å². The highest BCUT2D eigenvalue weighted by molar-refractivity contribution is 7.13. The van der Waals surface area contributed by atoms with E-state index in [0.717, 1.165) is 11.3 Å². The summed E-state index contributed by atoms with van der Waals surface area (Å²) in [6.45, 7) is 0.774. The summed E-state index contributed by atoms with van der Waals surface area (Å²) in [6, 6.07) is 7.06. The molecule has 12 heteroatoms. The lowest BCUT2D eigenvalue weighted by Gasteiger charge is -2.23. The third-order valence-electron chi connectivity index (χ3n) is 5.81. The zero-order chi connectivity index (χ0) is 24.1. The molecule has 4 heterocycles. The van der Waals surface area contributed by atoms with Crippen molar-refractivity contribution >= 4 is 33.9 Å². The molecule has 1 unspecified atom stereocenters. The maximum Gasteiger partial charge on any atom is 0.301 e. The van der Waals surface area contributed by atoms with Crippen molar-refractivity contribution in [2.24, 2.45) is 0 Å². The Balaban J connectivity index is 1.55. The molecule has 3 aliphatic rings. The van der Waals surface area contributed by atoms with Crippen LogP contribution in [-0.4, -0.2) is 54.1 Å². The van der Waals surface area contributed by atoms with Gasteiger partial charge in [0.15, 0.2) is 23.0 Å². The summed E-state index contributed by atoms with van der Waals surface area (Å²) in [6.07, 6.45) is 0. The fraction of sp³-hybridized carbons (Fsp3) is 0.217. The number of hydrogen-bond acceptors (Lipinski definition) is 11. The summed E-state index contributed by atoms with van der Waals surface area (Å²) in [5.41, 5.74) is 2.08. The molecular weight excluding hydrogens is 478 g/mol. The Morgan fingerprint density at radius 3 is 2.69 bits per heavy atom. The van der Waals surface area contributed by atoms with Crippen LogP contribution in [0.4, 0.5) is 5.13 Å². The van der Waals surface area contributed by atoms with Crippen molar-refractivity contribution in [1.82, 2.24) is 10.2 Å². The quantitative estimate of drug-likeness (QED) is 0.328. The van der Waals surface area contributed by atoms with Gasteiger partial charge in [-0.05, 0) is 35.9 Å². The lowest BCUT2D eigenvalue weighted by Crippen LogP contribution is -2.29. The van der Waals surface area contributed by atoms with Crippen LogP contribution in [0.1, 0.15) is 17.2 Å². The Kier molecular flexibility index (Phi) is 4.95. The fourth-order valence-electron chi connectivity index (χ4n) is 4.27. The van der Waals surface area contributed by atoms with Gasteiger partial charge in [-0.2, -0.15) is 0 Å². The number of methoxy groups -OCH3 is 1. The topological polar surface area (TPSA) is 130 Å².